The smallest absolute Gasteiger partial charge is 0.308 e. The number of nitrogens with one attached hydrogen (secondary N) is 1. The molecule has 1 aliphatic heterocycles. The zero-order valence-electron chi connectivity index (χ0n) is 12.1. The number of rotatable bonds is 4. The van der Waals surface area contributed by atoms with Crippen LogP contribution in [0.3, 0.4) is 0 Å². The van der Waals surface area contributed by atoms with Crippen LogP contribution in [0, 0.1) is 0 Å². The minimum absolute atomic E-state index is 0. The lowest BCUT2D eigenvalue weighted by atomic mass is 10.0. The van der Waals surface area contributed by atoms with Gasteiger partial charge in [-0.1, -0.05) is 12.1 Å². The van der Waals surface area contributed by atoms with Crippen molar-refractivity contribution in [2.75, 3.05) is 26.2 Å². The molecule has 0 amide bonds. The second-order valence-electron chi connectivity index (χ2n) is 4.73. The standard InChI is InChI=1S/C14H18F2N2O2.2ClH/c1-10(19)20-12-4-2-3-11(9-12)13(14(15)16)18-7-5-17-6-8-18;;/h2-4,9,13-14,17H,5-8H2,1H3;2*1H/t13-;;/m0../s1. The number of piperazine rings is 1. The van der Waals surface area contributed by atoms with Gasteiger partial charge >= 0.3 is 5.97 Å². The van der Waals surface area contributed by atoms with E-state index >= 15 is 0 Å². The molecule has 4 nitrogen and oxygen atoms in total. The summed E-state index contributed by atoms with van der Waals surface area (Å²) in [4.78, 5) is 12.7. The third-order valence-electron chi connectivity index (χ3n) is 3.24. The maximum absolute atomic E-state index is 13.4. The minimum Gasteiger partial charge on any atom is -0.427 e. The average Bonchev–Trinajstić information content (AvgIpc) is 2.39. The molecule has 1 heterocycles. The van der Waals surface area contributed by atoms with Gasteiger partial charge in [0.25, 0.3) is 6.43 Å². The third-order valence-corrected chi connectivity index (χ3v) is 3.24. The highest BCUT2D eigenvalue weighted by Gasteiger charge is 2.30. The zero-order valence-corrected chi connectivity index (χ0v) is 13.8. The molecule has 1 aliphatic rings. The molecule has 1 saturated heterocycles. The van der Waals surface area contributed by atoms with Crippen molar-refractivity contribution in [1.82, 2.24) is 10.2 Å². The Labute approximate surface area is 141 Å². The van der Waals surface area contributed by atoms with Gasteiger partial charge in [0.15, 0.2) is 0 Å². The van der Waals surface area contributed by atoms with Crippen molar-refractivity contribution in [3.05, 3.63) is 29.8 Å². The molecule has 1 N–H and O–H groups in total. The van der Waals surface area contributed by atoms with E-state index in [2.05, 4.69) is 5.32 Å². The molecule has 0 aromatic heterocycles. The van der Waals surface area contributed by atoms with E-state index in [0.717, 1.165) is 0 Å². The monoisotopic (exact) mass is 356 g/mol. The number of alkyl halides is 2. The van der Waals surface area contributed by atoms with Crippen LogP contribution in [0.4, 0.5) is 8.78 Å². The van der Waals surface area contributed by atoms with Crippen molar-refractivity contribution >= 4 is 30.8 Å². The van der Waals surface area contributed by atoms with Gasteiger partial charge in [0.05, 0.1) is 6.04 Å². The lowest BCUT2D eigenvalue weighted by Crippen LogP contribution is -2.46. The topological polar surface area (TPSA) is 41.6 Å². The summed E-state index contributed by atoms with van der Waals surface area (Å²) in [5.41, 5.74) is 0.473. The third kappa shape index (κ3) is 5.68. The summed E-state index contributed by atoms with van der Waals surface area (Å²) >= 11 is 0. The maximum atomic E-state index is 13.4. The van der Waals surface area contributed by atoms with Crippen LogP contribution in [0.15, 0.2) is 24.3 Å². The van der Waals surface area contributed by atoms with E-state index in [9.17, 15) is 13.6 Å². The molecule has 2 rings (SSSR count). The maximum Gasteiger partial charge on any atom is 0.308 e. The number of ether oxygens (including phenoxy) is 1. The Bertz CT molecular complexity index is 472. The van der Waals surface area contributed by atoms with Gasteiger partial charge in [-0.2, -0.15) is 0 Å². The molecule has 0 unspecified atom stereocenters. The molecule has 0 radical (unpaired) electrons. The molecular formula is C14H20Cl2F2N2O2. The van der Waals surface area contributed by atoms with Gasteiger partial charge in [-0.15, -0.1) is 24.8 Å². The fraction of sp³-hybridized carbons (Fsp3) is 0.500. The first kappa shape index (κ1) is 21.0. The van der Waals surface area contributed by atoms with E-state index in [0.29, 0.717) is 37.5 Å². The number of benzene rings is 1. The van der Waals surface area contributed by atoms with Crippen LogP contribution in [0.25, 0.3) is 0 Å². The first-order valence-electron chi connectivity index (χ1n) is 6.59. The van der Waals surface area contributed by atoms with Crippen molar-refractivity contribution in [2.24, 2.45) is 0 Å². The van der Waals surface area contributed by atoms with E-state index in [-0.39, 0.29) is 24.8 Å². The molecule has 22 heavy (non-hydrogen) atoms. The van der Waals surface area contributed by atoms with Crippen LogP contribution < -0.4 is 10.1 Å². The first-order valence-corrected chi connectivity index (χ1v) is 6.59. The number of hydrogen-bond donors (Lipinski definition) is 1. The van der Waals surface area contributed by atoms with Crippen molar-refractivity contribution in [1.29, 1.82) is 0 Å². The molecule has 0 bridgehead atoms. The average molecular weight is 357 g/mol. The summed E-state index contributed by atoms with van der Waals surface area (Å²) < 4.78 is 31.7. The van der Waals surface area contributed by atoms with Crippen LogP contribution in [0.2, 0.25) is 0 Å². The van der Waals surface area contributed by atoms with Gasteiger partial charge in [0.1, 0.15) is 5.75 Å². The quantitative estimate of drug-likeness (QED) is 0.665. The van der Waals surface area contributed by atoms with Crippen LogP contribution in [-0.4, -0.2) is 43.5 Å². The summed E-state index contributed by atoms with van der Waals surface area (Å²) in [5.74, 6) is -0.159. The molecule has 0 aliphatic carbocycles. The van der Waals surface area contributed by atoms with E-state index in [1.165, 1.54) is 13.0 Å². The van der Waals surface area contributed by atoms with Crippen LogP contribution in [0.1, 0.15) is 18.5 Å². The molecule has 126 valence electrons. The molecule has 1 aromatic rings. The van der Waals surface area contributed by atoms with Crippen molar-refractivity contribution in [3.8, 4) is 5.75 Å². The second kappa shape index (κ2) is 9.94. The van der Waals surface area contributed by atoms with Gasteiger partial charge in [0, 0.05) is 33.1 Å². The van der Waals surface area contributed by atoms with Gasteiger partial charge < -0.3 is 10.1 Å². The lowest BCUT2D eigenvalue weighted by molar-refractivity contribution is -0.131. The normalized spacial score (nSPS) is 16.4. The first-order chi connectivity index (χ1) is 9.58. The number of esters is 1. The van der Waals surface area contributed by atoms with Crippen LogP contribution in [-0.2, 0) is 4.79 Å². The van der Waals surface area contributed by atoms with E-state index in [1.807, 2.05) is 0 Å². The van der Waals surface area contributed by atoms with Gasteiger partial charge in [-0.25, -0.2) is 8.78 Å². The van der Waals surface area contributed by atoms with Crippen LogP contribution >= 0.6 is 24.8 Å². The minimum atomic E-state index is -2.49. The molecule has 1 atom stereocenters. The Morgan fingerprint density at radius 3 is 2.45 bits per heavy atom. The number of carbonyl (C=O) groups excluding carboxylic acids is 1. The Morgan fingerprint density at radius 2 is 1.91 bits per heavy atom. The summed E-state index contributed by atoms with van der Waals surface area (Å²) in [6.45, 7) is 3.84. The second-order valence-corrected chi connectivity index (χ2v) is 4.73. The Balaban J connectivity index is 0.00000220. The number of hydrogen-bond acceptors (Lipinski definition) is 4. The molecule has 1 fully saturated rings. The SMILES string of the molecule is CC(=O)Oc1cccc([C@@H](C(F)F)N2CCNCC2)c1.Cl.Cl. The molecular weight excluding hydrogens is 337 g/mol. The number of carbonyl (C=O) groups is 1. The fourth-order valence-corrected chi connectivity index (χ4v) is 2.40. The number of nitrogens with zero attached hydrogens (tertiary/aromatic N) is 1. The fourth-order valence-electron chi connectivity index (χ4n) is 2.40. The Kier molecular flexibility index (Phi) is 9.51. The predicted molar refractivity (Wildman–Crippen MR) is 85.4 cm³/mol. The summed E-state index contributed by atoms with van der Waals surface area (Å²) in [6.07, 6.45) is -2.49. The van der Waals surface area contributed by atoms with E-state index in [4.69, 9.17) is 4.74 Å². The highest BCUT2D eigenvalue weighted by atomic mass is 35.5. The molecule has 0 saturated carbocycles. The highest BCUT2D eigenvalue weighted by Crippen LogP contribution is 2.30. The van der Waals surface area contributed by atoms with Gasteiger partial charge in [-0.05, 0) is 17.7 Å². The largest absolute Gasteiger partial charge is 0.427 e. The molecule has 1 aromatic carbocycles. The highest BCUT2D eigenvalue weighted by molar-refractivity contribution is 5.85. The van der Waals surface area contributed by atoms with E-state index in [1.54, 1.807) is 23.1 Å². The summed E-state index contributed by atoms with van der Waals surface area (Å²) in [7, 11) is 0. The number of halogens is 4. The summed E-state index contributed by atoms with van der Waals surface area (Å²) in [6, 6.07) is 5.41. The van der Waals surface area contributed by atoms with Crippen molar-refractivity contribution in [3.63, 3.8) is 0 Å². The van der Waals surface area contributed by atoms with Crippen molar-refractivity contribution < 1.29 is 18.3 Å². The molecule has 8 heteroatoms. The van der Waals surface area contributed by atoms with E-state index < -0.39 is 18.4 Å². The van der Waals surface area contributed by atoms with Gasteiger partial charge in [0.2, 0.25) is 0 Å². The molecule has 0 spiro atoms. The predicted octanol–water partition coefficient (Wildman–Crippen LogP) is 2.67. The van der Waals surface area contributed by atoms with Crippen LogP contribution in [0.5, 0.6) is 5.75 Å². The van der Waals surface area contributed by atoms with Crippen molar-refractivity contribution in [2.45, 2.75) is 19.4 Å². The van der Waals surface area contributed by atoms with Gasteiger partial charge in [-0.3, -0.25) is 9.69 Å². The lowest BCUT2D eigenvalue weighted by Gasteiger charge is -2.34. The summed E-state index contributed by atoms with van der Waals surface area (Å²) in [5, 5.41) is 3.14. The Hall–Kier alpha value is -0.950. The zero-order chi connectivity index (χ0) is 14.5. The Morgan fingerprint density at radius 1 is 1.27 bits per heavy atom.